The van der Waals surface area contributed by atoms with Crippen LogP contribution in [0.15, 0.2) is 27.6 Å². The van der Waals surface area contributed by atoms with E-state index in [0.29, 0.717) is 11.3 Å². The summed E-state index contributed by atoms with van der Waals surface area (Å²) in [4.78, 5) is 0.120. The number of hydrogen-bond acceptors (Lipinski definition) is 4. The summed E-state index contributed by atoms with van der Waals surface area (Å²) in [7, 11) is -3.64. The van der Waals surface area contributed by atoms with Gasteiger partial charge in [-0.1, -0.05) is 6.92 Å². The lowest BCUT2D eigenvalue weighted by atomic mass is 10.2. The van der Waals surface area contributed by atoms with E-state index < -0.39 is 10.0 Å². The largest absolute Gasteiger partial charge is 0.381 e. The van der Waals surface area contributed by atoms with E-state index in [9.17, 15) is 8.42 Å². The summed E-state index contributed by atoms with van der Waals surface area (Å²) in [5, 5.41) is 9.17. The lowest BCUT2D eigenvalue weighted by molar-refractivity contribution is 0.598. The van der Waals surface area contributed by atoms with Crippen molar-refractivity contribution < 1.29 is 8.42 Å². The highest BCUT2D eigenvalue weighted by molar-refractivity contribution is 9.10. The number of thioether (sulfide) groups is 1. The minimum absolute atomic E-state index is 0.120. The first-order chi connectivity index (χ1) is 8.36. The number of nitrogens with one attached hydrogen (secondary N) is 1. The van der Waals surface area contributed by atoms with Crippen molar-refractivity contribution in [2.75, 3.05) is 11.1 Å². The van der Waals surface area contributed by atoms with Crippen molar-refractivity contribution in [2.24, 2.45) is 5.14 Å². The molecule has 2 rings (SSSR count). The van der Waals surface area contributed by atoms with Crippen molar-refractivity contribution in [1.82, 2.24) is 0 Å². The fraction of sp³-hybridized carbons (Fsp3) is 0.455. The van der Waals surface area contributed by atoms with Crippen molar-refractivity contribution in [3.05, 3.63) is 22.7 Å². The third-order valence-corrected chi connectivity index (χ3v) is 5.75. The van der Waals surface area contributed by atoms with Crippen molar-refractivity contribution >= 4 is 43.4 Å². The van der Waals surface area contributed by atoms with Crippen LogP contribution in [0.25, 0.3) is 0 Å². The number of rotatable bonds is 3. The topological polar surface area (TPSA) is 72.2 Å². The number of primary sulfonamides is 1. The van der Waals surface area contributed by atoms with E-state index in [1.54, 1.807) is 6.07 Å². The summed E-state index contributed by atoms with van der Waals surface area (Å²) in [6.45, 7) is 2.21. The van der Waals surface area contributed by atoms with Crippen molar-refractivity contribution in [3.63, 3.8) is 0 Å². The van der Waals surface area contributed by atoms with E-state index in [4.69, 9.17) is 5.14 Å². The van der Waals surface area contributed by atoms with E-state index >= 15 is 0 Å². The van der Waals surface area contributed by atoms with Gasteiger partial charge in [-0.05, 0) is 40.5 Å². The predicted octanol–water partition coefficient (Wildman–Crippen LogP) is 2.40. The zero-order valence-corrected chi connectivity index (χ0v) is 13.1. The van der Waals surface area contributed by atoms with E-state index in [0.717, 1.165) is 22.3 Å². The quantitative estimate of drug-likeness (QED) is 0.877. The minimum Gasteiger partial charge on any atom is -0.381 e. The Morgan fingerprint density at radius 2 is 2.22 bits per heavy atom. The van der Waals surface area contributed by atoms with Crippen LogP contribution < -0.4 is 10.5 Å². The van der Waals surface area contributed by atoms with Gasteiger partial charge in [0.05, 0.1) is 4.90 Å². The third-order valence-electron chi connectivity index (χ3n) is 2.83. The van der Waals surface area contributed by atoms with Crippen LogP contribution in [0.4, 0.5) is 5.69 Å². The molecule has 18 heavy (non-hydrogen) atoms. The zero-order chi connectivity index (χ0) is 13.3. The number of sulfonamides is 1. The monoisotopic (exact) mass is 350 g/mol. The van der Waals surface area contributed by atoms with Crippen molar-refractivity contribution in [3.8, 4) is 0 Å². The van der Waals surface area contributed by atoms with Crippen LogP contribution in [0.2, 0.25) is 0 Å². The normalized spacial score (nSPS) is 24.2. The van der Waals surface area contributed by atoms with Crippen LogP contribution in [0.5, 0.6) is 0 Å². The van der Waals surface area contributed by atoms with Crippen LogP contribution in [0.1, 0.15) is 13.3 Å². The molecule has 0 aliphatic carbocycles. The van der Waals surface area contributed by atoms with E-state index in [1.165, 1.54) is 12.1 Å². The molecule has 1 aliphatic heterocycles. The van der Waals surface area contributed by atoms with Crippen molar-refractivity contribution in [1.29, 1.82) is 0 Å². The molecule has 1 heterocycles. The number of hydrogen-bond donors (Lipinski definition) is 2. The maximum Gasteiger partial charge on any atom is 0.238 e. The molecule has 0 aromatic heterocycles. The molecule has 3 N–H and O–H groups in total. The molecular weight excluding hydrogens is 336 g/mol. The first-order valence-electron chi connectivity index (χ1n) is 5.57. The Morgan fingerprint density at radius 1 is 1.50 bits per heavy atom. The summed E-state index contributed by atoms with van der Waals surface area (Å²) in [5.41, 5.74) is 0.905. The molecule has 1 aromatic rings. The summed E-state index contributed by atoms with van der Waals surface area (Å²) in [6, 6.07) is 5.23. The van der Waals surface area contributed by atoms with Crippen molar-refractivity contribution in [2.45, 2.75) is 29.5 Å². The van der Waals surface area contributed by atoms with Gasteiger partial charge in [-0.2, -0.15) is 11.8 Å². The van der Waals surface area contributed by atoms with E-state index in [1.807, 2.05) is 11.8 Å². The average molecular weight is 351 g/mol. The second-order valence-corrected chi connectivity index (χ2v) is 8.29. The highest BCUT2D eigenvalue weighted by Gasteiger charge is 2.22. The van der Waals surface area contributed by atoms with Gasteiger partial charge in [-0.25, -0.2) is 13.6 Å². The second kappa shape index (κ2) is 5.40. The summed E-state index contributed by atoms with van der Waals surface area (Å²) in [6.07, 6.45) is 1.12. The van der Waals surface area contributed by atoms with E-state index in [-0.39, 0.29) is 4.90 Å². The number of benzene rings is 1. The van der Waals surface area contributed by atoms with Crippen LogP contribution in [-0.4, -0.2) is 25.5 Å². The predicted molar refractivity (Wildman–Crippen MR) is 79.5 cm³/mol. The van der Waals surface area contributed by atoms with Gasteiger partial charge in [-0.3, -0.25) is 0 Å². The lowest BCUT2D eigenvalue weighted by Gasteiger charge is -2.15. The Labute approximate surface area is 120 Å². The molecule has 1 aromatic carbocycles. The number of nitrogens with two attached hydrogens (primary N) is 1. The third kappa shape index (κ3) is 3.40. The molecule has 1 aliphatic rings. The van der Waals surface area contributed by atoms with Crippen LogP contribution in [0, 0.1) is 0 Å². The molecule has 1 fully saturated rings. The first kappa shape index (κ1) is 14.2. The van der Waals surface area contributed by atoms with E-state index in [2.05, 4.69) is 28.2 Å². The Kier molecular flexibility index (Phi) is 4.25. The Morgan fingerprint density at radius 3 is 2.72 bits per heavy atom. The molecule has 2 unspecified atom stereocenters. The summed E-state index contributed by atoms with van der Waals surface area (Å²) in [5.74, 6) is 1.07. The molecule has 0 radical (unpaired) electrons. The Balaban J connectivity index is 2.15. The molecule has 0 saturated carbocycles. The van der Waals surface area contributed by atoms with Crippen LogP contribution >= 0.6 is 27.7 Å². The van der Waals surface area contributed by atoms with Gasteiger partial charge in [0.2, 0.25) is 10.0 Å². The molecule has 0 spiro atoms. The Hall–Kier alpha value is -0.240. The summed E-state index contributed by atoms with van der Waals surface area (Å²) >= 11 is 5.32. The molecule has 4 nitrogen and oxygen atoms in total. The maximum atomic E-state index is 11.2. The van der Waals surface area contributed by atoms with Gasteiger partial charge in [0.25, 0.3) is 0 Å². The Bertz CT molecular complexity index is 548. The van der Waals surface area contributed by atoms with Gasteiger partial charge in [0.15, 0.2) is 0 Å². The average Bonchev–Trinajstić information content (AvgIpc) is 2.65. The van der Waals surface area contributed by atoms with Crippen LogP contribution in [-0.2, 0) is 10.0 Å². The van der Waals surface area contributed by atoms with Gasteiger partial charge < -0.3 is 5.32 Å². The second-order valence-electron chi connectivity index (χ2n) is 4.41. The van der Waals surface area contributed by atoms with Gasteiger partial charge in [0, 0.05) is 27.2 Å². The van der Waals surface area contributed by atoms with Crippen LogP contribution in [0.3, 0.4) is 0 Å². The molecule has 0 amide bonds. The highest BCUT2D eigenvalue weighted by atomic mass is 79.9. The van der Waals surface area contributed by atoms with Gasteiger partial charge in [0.1, 0.15) is 0 Å². The standard InChI is InChI=1S/C11H15BrN2O2S2/c1-7-4-8(6-17-7)14-11-3-2-9(5-10(11)12)18(13,15)16/h2-3,5,7-8,14H,4,6H2,1H3,(H2,13,15,16). The molecule has 7 heteroatoms. The molecular formula is C11H15BrN2O2S2. The molecule has 100 valence electrons. The number of halogens is 1. The summed E-state index contributed by atoms with van der Waals surface area (Å²) < 4.78 is 23.2. The highest BCUT2D eigenvalue weighted by Crippen LogP contribution is 2.31. The fourth-order valence-corrected chi connectivity index (χ4v) is 4.26. The lowest BCUT2D eigenvalue weighted by Crippen LogP contribution is -2.19. The SMILES string of the molecule is CC1CC(Nc2ccc(S(N)(=O)=O)cc2Br)CS1. The first-order valence-corrected chi connectivity index (χ1v) is 8.95. The fourth-order valence-electron chi connectivity index (χ4n) is 1.93. The molecule has 0 bridgehead atoms. The van der Waals surface area contributed by atoms with Gasteiger partial charge >= 0.3 is 0 Å². The molecule has 2 atom stereocenters. The smallest absolute Gasteiger partial charge is 0.238 e. The maximum absolute atomic E-state index is 11.2. The zero-order valence-electron chi connectivity index (χ0n) is 9.89. The minimum atomic E-state index is -3.64. The van der Waals surface area contributed by atoms with Gasteiger partial charge in [-0.15, -0.1) is 0 Å². The molecule has 1 saturated heterocycles. The number of anilines is 1.